The smallest absolute Gasteiger partial charge is 0.407 e. The SMILES string of the molecule is CCC(C)CC(NC(=O)OC(C)(C)C)C(O)C(=O)OC. The molecule has 3 atom stereocenters. The van der Waals surface area contributed by atoms with Crippen LogP contribution in [0.15, 0.2) is 0 Å². The second-order valence-corrected chi connectivity index (χ2v) is 5.97. The Bertz CT molecular complexity index is 324. The van der Waals surface area contributed by atoms with Gasteiger partial charge in [-0.1, -0.05) is 20.3 Å². The molecule has 0 spiro atoms. The Balaban J connectivity index is 4.76. The van der Waals surface area contributed by atoms with Crippen LogP contribution in [0.25, 0.3) is 0 Å². The lowest BCUT2D eigenvalue weighted by Gasteiger charge is -2.27. The number of alkyl carbamates (subject to hydrolysis) is 1. The van der Waals surface area contributed by atoms with E-state index >= 15 is 0 Å². The van der Waals surface area contributed by atoms with Gasteiger partial charge in [-0.2, -0.15) is 0 Å². The molecule has 0 radical (unpaired) electrons. The van der Waals surface area contributed by atoms with Gasteiger partial charge in [0.25, 0.3) is 0 Å². The maximum Gasteiger partial charge on any atom is 0.407 e. The molecule has 0 aliphatic heterocycles. The Morgan fingerprint density at radius 1 is 1.30 bits per heavy atom. The predicted molar refractivity (Wildman–Crippen MR) is 75.3 cm³/mol. The number of hydrogen-bond donors (Lipinski definition) is 2. The third-order valence-electron chi connectivity index (χ3n) is 2.88. The molecule has 0 aliphatic rings. The van der Waals surface area contributed by atoms with Crippen molar-refractivity contribution in [3.05, 3.63) is 0 Å². The van der Waals surface area contributed by atoms with Crippen LogP contribution in [0.5, 0.6) is 0 Å². The van der Waals surface area contributed by atoms with Crippen molar-refractivity contribution < 1.29 is 24.2 Å². The minimum Gasteiger partial charge on any atom is -0.467 e. The van der Waals surface area contributed by atoms with Gasteiger partial charge in [-0.15, -0.1) is 0 Å². The fraction of sp³-hybridized carbons (Fsp3) is 0.857. The predicted octanol–water partition coefficient (Wildman–Crippen LogP) is 1.85. The molecule has 0 aromatic heterocycles. The lowest BCUT2D eigenvalue weighted by molar-refractivity contribution is -0.152. The van der Waals surface area contributed by atoms with Crippen LogP contribution >= 0.6 is 0 Å². The Morgan fingerprint density at radius 3 is 2.25 bits per heavy atom. The number of aliphatic hydroxyl groups excluding tert-OH is 1. The quantitative estimate of drug-likeness (QED) is 0.729. The van der Waals surface area contributed by atoms with Crippen molar-refractivity contribution in [1.82, 2.24) is 5.32 Å². The summed E-state index contributed by atoms with van der Waals surface area (Å²) in [5.41, 5.74) is -0.638. The molecule has 0 bridgehead atoms. The molecule has 20 heavy (non-hydrogen) atoms. The minimum absolute atomic E-state index is 0.245. The molecule has 0 aromatic carbocycles. The zero-order chi connectivity index (χ0) is 15.9. The van der Waals surface area contributed by atoms with Gasteiger partial charge in [-0.05, 0) is 33.1 Å². The van der Waals surface area contributed by atoms with E-state index in [1.54, 1.807) is 20.8 Å². The molecule has 6 nitrogen and oxygen atoms in total. The molecule has 118 valence electrons. The van der Waals surface area contributed by atoms with Gasteiger partial charge in [0.15, 0.2) is 6.10 Å². The van der Waals surface area contributed by atoms with Crippen molar-refractivity contribution >= 4 is 12.1 Å². The van der Waals surface area contributed by atoms with E-state index in [0.29, 0.717) is 6.42 Å². The van der Waals surface area contributed by atoms with Crippen LogP contribution in [0.1, 0.15) is 47.5 Å². The fourth-order valence-electron chi connectivity index (χ4n) is 1.61. The van der Waals surface area contributed by atoms with Gasteiger partial charge in [0.05, 0.1) is 13.2 Å². The first-order chi connectivity index (χ1) is 9.10. The first-order valence-electron chi connectivity index (χ1n) is 6.86. The zero-order valence-corrected chi connectivity index (χ0v) is 13.2. The number of carbonyl (C=O) groups is 2. The summed E-state index contributed by atoms with van der Waals surface area (Å²) < 4.78 is 9.64. The lowest BCUT2D eigenvalue weighted by Crippen LogP contribution is -2.49. The van der Waals surface area contributed by atoms with E-state index in [1.165, 1.54) is 7.11 Å². The average molecular weight is 289 g/mol. The number of amides is 1. The van der Waals surface area contributed by atoms with Crippen molar-refractivity contribution in [2.45, 2.75) is 65.2 Å². The van der Waals surface area contributed by atoms with E-state index in [4.69, 9.17) is 4.74 Å². The summed E-state index contributed by atoms with van der Waals surface area (Å²) in [5.74, 6) is -0.524. The summed E-state index contributed by atoms with van der Waals surface area (Å²) in [5, 5.41) is 12.5. The van der Waals surface area contributed by atoms with E-state index in [1.807, 2.05) is 13.8 Å². The summed E-state index contributed by atoms with van der Waals surface area (Å²) in [6.45, 7) is 9.21. The summed E-state index contributed by atoms with van der Waals surface area (Å²) in [6.07, 6.45) is -0.720. The molecule has 3 unspecified atom stereocenters. The summed E-state index contributed by atoms with van der Waals surface area (Å²) in [6, 6.07) is -0.729. The molecule has 0 fully saturated rings. The Labute approximate surface area is 120 Å². The van der Waals surface area contributed by atoms with Gasteiger partial charge in [0.2, 0.25) is 0 Å². The first kappa shape index (κ1) is 18.7. The third kappa shape index (κ3) is 7.33. The summed E-state index contributed by atoms with van der Waals surface area (Å²) in [4.78, 5) is 23.2. The fourth-order valence-corrected chi connectivity index (χ4v) is 1.61. The van der Waals surface area contributed by atoms with Crippen LogP contribution in [0.4, 0.5) is 4.79 Å². The van der Waals surface area contributed by atoms with E-state index in [2.05, 4.69) is 10.1 Å². The molecule has 2 N–H and O–H groups in total. The molecule has 0 aliphatic carbocycles. The number of methoxy groups -OCH3 is 1. The maximum absolute atomic E-state index is 11.8. The van der Waals surface area contributed by atoms with Crippen LogP contribution < -0.4 is 5.32 Å². The van der Waals surface area contributed by atoms with Crippen LogP contribution in [0.2, 0.25) is 0 Å². The third-order valence-corrected chi connectivity index (χ3v) is 2.88. The Morgan fingerprint density at radius 2 is 1.85 bits per heavy atom. The Kier molecular flexibility index (Phi) is 7.57. The van der Waals surface area contributed by atoms with Crippen molar-refractivity contribution in [3.8, 4) is 0 Å². The summed E-state index contributed by atoms with van der Waals surface area (Å²) in [7, 11) is 1.19. The van der Waals surface area contributed by atoms with Gasteiger partial charge in [0.1, 0.15) is 5.60 Å². The van der Waals surface area contributed by atoms with Crippen molar-refractivity contribution in [3.63, 3.8) is 0 Å². The number of hydrogen-bond acceptors (Lipinski definition) is 5. The molecule has 0 heterocycles. The largest absolute Gasteiger partial charge is 0.467 e. The van der Waals surface area contributed by atoms with E-state index in [0.717, 1.165) is 6.42 Å². The second-order valence-electron chi connectivity index (χ2n) is 5.97. The number of rotatable bonds is 6. The minimum atomic E-state index is -1.40. The standard InChI is InChI=1S/C14H27NO5/c1-7-9(2)8-10(11(16)12(17)19-6)15-13(18)20-14(3,4)5/h9-11,16H,7-8H2,1-6H3,(H,15,18). The monoisotopic (exact) mass is 289 g/mol. The average Bonchev–Trinajstić information content (AvgIpc) is 2.33. The van der Waals surface area contributed by atoms with Gasteiger partial charge in [0, 0.05) is 0 Å². The molecule has 0 saturated carbocycles. The molecule has 0 rings (SSSR count). The van der Waals surface area contributed by atoms with Crippen molar-refractivity contribution in [2.24, 2.45) is 5.92 Å². The van der Waals surface area contributed by atoms with Crippen LogP contribution in [0, 0.1) is 5.92 Å². The molecule has 0 saturated heterocycles. The maximum atomic E-state index is 11.8. The van der Waals surface area contributed by atoms with E-state index in [-0.39, 0.29) is 5.92 Å². The molecular weight excluding hydrogens is 262 g/mol. The highest BCUT2D eigenvalue weighted by atomic mass is 16.6. The highest BCUT2D eigenvalue weighted by Gasteiger charge is 2.30. The summed E-state index contributed by atoms with van der Waals surface area (Å²) >= 11 is 0. The van der Waals surface area contributed by atoms with E-state index in [9.17, 15) is 14.7 Å². The molecule has 6 heteroatoms. The van der Waals surface area contributed by atoms with E-state index < -0.39 is 29.8 Å². The van der Waals surface area contributed by atoms with Crippen molar-refractivity contribution in [2.75, 3.05) is 7.11 Å². The number of ether oxygens (including phenoxy) is 2. The van der Waals surface area contributed by atoms with Crippen molar-refractivity contribution in [1.29, 1.82) is 0 Å². The number of esters is 1. The zero-order valence-electron chi connectivity index (χ0n) is 13.2. The normalized spacial score (nSPS) is 15.9. The highest BCUT2D eigenvalue weighted by Crippen LogP contribution is 2.14. The number of aliphatic hydroxyl groups is 1. The lowest BCUT2D eigenvalue weighted by atomic mass is 9.96. The molecule has 0 aromatic rings. The highest BCUT2D eigenvalue weighted by molar-refractivity contribution is 5.76. The van der Waals surface area contributed by atoms with Gasteiger partial charge in [-0.25, -0.2) is 9.59 Å². The topological polar surface area (TPSA) is 84.9 Å². The molecule has 1 amide bonds. The number of nitrogens with one attached hydrogen (secondary N) is 1. The van der Waals surface area contributed by atoms with Crippen LogP contribution in [-0.2, 0) is 14.3 Å². The van der Waals surface area contributed by atoms with Gasteiger partial charge in [-0.3, -0.25) is 0 Å². The van der Waals surface area contributed by atoms with Crippen LogP contribution in [-0.4, -0.2) is 42.0 Å². The van der Waals surface area contributed by atoms with Crippen LogP contribution in [0.3, 0.4) is 0 Å². The van der Waals surface area contributed by atoms with Gasteiger partial charge < -0.3 is 19.9 Å². The first-order valence-corrected chi connectivity index (χ1v) is 6.86. The Hall–Kier alpha value is -1.30. The van der Waals surface area contributed by atoms with Gasteiger partial charge >= 0.3 is 12.1 Å². The molecular formula is C14H27NO5. The number of carbonyl (C=O) groups excluding carboxylic acids is 2. The second kappa shape index (κ2) is 8.09.